The summed E-state index contributed by atoms with van der Waals surface area (Å²) in [5.74, 6) is 0.761. The molecule has 0 N–H and O–H groups in total. The SMILES string of the molecule is O=C(c1ccc2c(c1)CCN(C(=O)C1CCCCC1)C2)N1CCN(C2CCC2)CC1. The Labute approximate surface area is 180 Å². The van der Waals surface area contributed by atoms with Crippen molar-refractivity contribution >= 4 is 11.8 Å². The van der Waals surface area contributed by atoms with Crippen LogP contribution < -0.4 is 0 Å². The lowest BCUT2D eigenvalue weighted by Gasteiger charge is -2.43. The molecule has 0 atom stereocenters. The molecule has 2 aliphatic heterocycles. The first-order valence-electron chi connectivity index (χ1n) is 12.1. The van der Waals surface area contributed by atoms with Crippen molar-refractivity contribution in [2.45, 2.75) is 70.4 Å². The number of amides is 2. The zero-order valence-corrected chi connectivity index (χ0v) is 18.2. The lowest BCUT2D eigenvalue weighted by Crippen LogP contribution is -2.53. The average Bonchev–Trinajstić information content (AvgIpc) is 2.77. The van der Waals surface area contributed by atoms with Crippen molar-refractivity contribution in [1.29, 1.82) is 0 Å². The number of nitrogens with zero attached hydrogens (tertiary/aromatic N) is 3. The van der Waals surface area contributed by atoms with Crippen molar-refractivity contribution in [2.75, 3.05) is 32.7 Å². The van der Waals surface area contributed by atoms with Gasteiger partial charge in [0.05, 0.1) is 0 Å². The van der Waals surface area contributed by atoms with Crippen molar-refractivity contribution in [3.05, 3.63) is 34.9 Å². The summed E-state index contributed by atoms with van der Waals surface area (Å²) in [6, 6.07) is 6.94. The van der Waals surface area contributed by atoms with E-state index in [1.54, 1.807) is 0 Å². The monoisotopic (exact) mass is 409 g/mol. The van der Waals surface area contributed by atoms with Crippen LogP contribution in [0.15, 0.2) is 18.2 Å². The fraction of sp³-hybridized carbons (Fsp3) is 0.680. The highest BCUT2D eigenvalue weighted by molar-refractivity contribution is 5.94. The minimum atomic E-state index is 0.173. The van der Waals surface area contributed by atoms with Gasteiger partial charge >= 0.3 is 0 Å². The van der Waals surface area contributed by atoms with Gasteiger partial charge in [-0.2, -0.15) is 0 Å². The largest absolute Gasteiger partial charge is 0.338 e. The molecule has 4 aliphatic rings. The molecule has 1 aromatic rings. The summed E-state index contributed by atoms with van der Waals surface area (Å²) in [5, 5.41) is 0. The van der Waals surface area contributed by atoms with Crippen LogP contribution in [0.2, 0.25) is 0 Å². The molecule has 2 saturated carbocycles. The molecule has 0 bridgehead atoms. The lowest BCUT2D eigenvalue weighted by atomic mass is 9.87. The van der Waals surface area contributed by atoms with Gasteiger partial charge in [-0.05, 0) is 55.4 Å². The molecule has 1 aromatic carbocycles. The number of benzene rings is 1. The molecular weight excluding hydrogens is 374 g/mol. The second-order valence-electron chi connectivity index (χ2n) is 9.74. The first-order valence-corrected chi connectivity index (χ1v) is 12.1. The first kappa shape index (κ1) is 20.0. The van der Waals surface area contributed by atoms with Crippen LogP contribution in [0.1, 0.15) is 72.9 Å². The second kappa shape index (κ2) is 8.70. The summed E-state index contributed by atoms with van der Waals surface area (Å²) in [5.41, 5.74) is 3.29. The standard InChI is InChI=1S/C25H35N3O2/c29-24(19-5-2-1-3-6-19)28-12-11-20-17-21(9-10-22(20)18-28)25(30)27-15-13-26(14-16-27)23-7-4-8-23/h9-10,17,19,23H,1-8,11-16,18H2. The van der Waals surface area contributed by atoms with Gasteiger partial charge in [-0.3, -0.25) is 14.5 Å². The highest BCUT2D eigenvalue weighted by Gasteiger charge is 2.31. The lowest BCUT2D eigenvalue weighted by molar-refractivity contribution is -0.137. The maximum absolute atomic E-state index is 13.1. The number of piperazine rings is 1. The predicted molar refractivity (Wildman–Crippen MR) is 117 cm³/mol. The van der Waals surface area contributed by atoms with Gasteiger partial charge in [0.25, 0.3) is 5.91 Å². The van der Waals surface area contributed by atoms with Gasteiger partial charge in [0, 0.05) is 56.8 Å². The van der Waals surface area contributed by atoms with Crippen molar-refractivity contribution in [2.24, 2.45) is 5.92 Å². The van der Waals surface area contributed by atoms with Crippen LogP contribution in [-0.2, 0) is 17.8 Å². The van der Waals surface area contributed by atoms with Crippen LogP contribution >= 0.6 is 0 Å². The molecule has 0 unspecified atom stereocenters. The van der Waals surface area contributed by atoms with Crippen LogP contribution in [0.25, 0.3) is 0 Å². The molecule has 5 heteroatoms. The van der Waals surface area contributed by atoms with Crippen LogP contribution in [0.3, 0.4) is 0 Å². The van der Waals surface area contributed by atoms with E-state index < -0.39 is 0 Å². The molecule has 3 fully saturated rings. The van der Waals surface area contributed by atoms with E-state index in [0.29, 0.717) is 12.5 Å². The zero-order chi connectivity index (χ0) is 20.5. The fourth-order valence-electron chi connectivity index (χ4n) is 5.71. The molecule has 2 heterocycles. The summed E-state index contributed by atoms with van der Waals surface area (Å²) in [6.07, 6.45) is 10.7. The fourth-order valence-corrected chi connectivity index (χ4v) is 5.71. The molecule has 5 rings (SSSR count). The molecule has 2 amide bonds. The summed E-state index contributed by atoms with van der Waals surface area (Å²) < 4.78 is 0. The van der Waals surface area contributed by atoms with Crippen molar-refractivity contribution in [3.8, 4) is 0 Å². The van der Waals surface area contributed by atoms with E-state index in [1.807, 2.05) is 11.0 Å². The van der Waals surface area contributed by atoms with Gasteiger partial charge in [0.1, 0.15) is 0 Å². The Morgan fingerprint density at radius 3 is 2.23 bits per heavy atom. The molecule has 0 aromatic heterocycles. The topological polar surface area (TPSA) is 43.9 Å². The Bertz CT molecular complexity index is 790. The van der Waals surface area contributed by atoms with E-state index in [2.05, 4.69) is 21.9 Å². The van der Waals surface area contributed by atoms with Gasteiger partial charge in [-0.15, -0.1) is 0 Å². The van der Waals surface area contributed by atoms with E-state index in [0.717, 1.165) is 63.6 Å². The Hall–Kier alpha value is -1.88. The highest BCUT2D eigenvalue weighted by Crippen LogP contribution is 2.29. The molecule has 1 saturated heterocycles. The predicted octanol–water partition coefficient (Wildman–Crippen LogP) is 3.46. The Morgan fingerprint density at radius 1 is 0.767 bits per heavy atom. The normalized spacial score (nSPS) is 23.7. The third-order valence-electron chi connectivity index (χ3n) is 7.92. The number of hydrogen-bond acceptors (Lipinski definition) is 3. The van der Waals surface area contributed by atoms with Crippen LogP contribution in [-0.4, -0.2) is 65.3 Å². The molecule has 162 valence electrons. The van der Waals surface area contributed by atoms with Crippen molar-refractivity contribution in [3.63, 3.8) is 0 Å². The van der Waals surface area contributed by atoms with Gasteiger partial charge in [0.15, 0.2) is 0 Å². The van der Waals surface area contributed by atoms with E-state index in [9.17, 15) is 9.59 Å². The second-order valence-corrected chi connectivity index (χ2v) is 9.74. The number of rotatable bonds is 3. The molecule has 5 nitrogen and oxygen atoms in total. The molecule has 0 spiro atoms. The first-order chi connectivity index (χ1) is 14.7. The van der Waals surface area contributed by atoms with E-state index >= 15 is 0 Å². The third kappa shape index (κ3) is 4.01. The maximum atomic E-state index is 13.1. The van der Waals surface area contributed by atoms with Gasteiger partial charge < -0.3 is 9.80 Å². The maximum Gasteiger partial charge on any atom is 0.253 e. The number of carbonyl (C=O) groups excluding carboxylic acids is 2. The third-order valence-corrected chi connectivity index (χ3v) is 7.92. The quantitative estimate of drug-likeness (QED) is 0.768. The van der Waals surface area contributed by atoms with Gasteiger partial charge in [-0.1, -0.05) is 31.7 Å². The molecule has 2 aliphatic carbocycles. The Morgan fingerprint density at radius 2 is 1.53 bits per heavy atom. The van der Waals surface area contributed by atoms with Crippen LogP contribution in [0.5, 0.6) is 0 Å². The average molecular weight is 410 g/mol. The molecule has 0 radical (unpaired) electrons. The smallest absolute Gasteiger partial charge is 0.253 e. The minimum Gasteiger partial charge on any atom is -0.338 e. The Kier molecular flexibility index (Phi) is 5.81. The van der Waals surface area contributed by atoms with E-state index in [4.69, 9.17) is 0 Å². The summed E-state index contributed by atoms with van der Waals surface area (Å²) >= 11 is 0. The van der Waals surface area contributed by atoms with Crippen molar-refractivity contribution < 1.29 is 9.59 Å². The molecule has 30 heavy (non-hydrogen) atoms. The number of fused-ring (bicyclic) bond motifs is 1. The zero-order valence-electron chi connectivity index (χ0n) is 18.2. The van der Waals surface area contributed by atoms with Gasteiger partial charge in [-0.25, -0.2) is 0 Å². The number of carbonyl (C=O) groups is 2. The highest BCUT2D eigenvalue weighted by atomic mass is 16.2. The Balaban J connectivity index is 1.20. The van der Waals surface area contributed by atoms with Crippen LogP contribution in [0, 0.1) is 5.92 Å². The van der Waals surface area contributed by atoms with E-state index in [1.165, 1.54) is 49.7 Å². The number of hydrogen-bond donors (Lipinski definition) is 0. The summed E-state index contributed by atoms with van der Waals surface area (Å²) in [7, 11) is 0. The van der Waals surface area contributed by atoms with Crippen molar-refractivity contribution in [1.82, 2.24) is 14.7 Å². The minimum absolute atomic E-state index is 0.173. The molecular formula is C25H35N3O2. The summed E-state index contributed by atoms with van der Waals surface area (Å²) in [6.45, 7) is 5.21. The van der Waals surface area contributed by atoms with E-state index in [-0.39, 0.29) is 11.8 Å². The van der Waals surface area contributed by atoms with Gasteiger partial charge in [0.2, 0.25) is 5.91 Å². The van der Waals surface area contributed by atoms with Crippen LogP contribution in [0.4, 0.5) is 0 Å². The summed E-state index contributed by atoms with van der Waals surface area (Å²) in [4.78, 5) is 32.6.